The first kappa shape index (κ1) is 24.8. The normalized spacial score (nSPS) is 11.0. The van der Waals surface area contributed by atoms with Crippen molar-refractivity contribution in [3.8, 4) is 16.8 Å². The van der Waals surface area contributed by atoms with Gasteiger partial charge in [0.05, 0.1) is 12.1 Å². The molecule has 0 bridgehead atoms. The van der Waals surface area contributed by atoms with E-state index in [9.17, 15) is 18.8 Å². The lowest BCUT2D eigenvalue weighted by Gasteiger charge is -2.22. The fourth-order valence-electron chi connectivity index (χ4n) is 3.50. The summed E-state index contributed by atoms with van der Waals surface area (Å²) >= 11 is 5.98. The molecule has 0 saturated heterocycles. The number of hydrogen-bond donors (Lipinski definition) is 3. The molecule has 3 aromatic carbocycles. The molecule has 0 saturated carbocycles. The Kier molecular flexibility index (Phi) is 7.57. The lowest BCUT2D eigenvalue weighted by Crippen LogP contribution is -2.43. The summed E-state index contributed by atoms with van der Waals surface area (Å²) in [7, 11) is 0. The predicted molar refractivity (Wildman–Crippen MR) is 131 cm³/mol. The maximum atomic E-state index is 14.2. The van der Waals surface area contributed by atoms with Crippen molar-refractivity contribution in [3.63, 3.8) is 0 Å². The molecule has 1 aromatic heterocycles. The fraction of sp³-hybridized carbons (Fsp3) is 0.120. The van der Waals surface area contributed by atoms with Crippen molar-refractivity contribution in [2.24, 2.45) is 0 Å². The van der Waals surface area contributed by atoms with E-state index in [0.717, 1.165) is 10.2 Å². The molecule has 1 amide bonds. The van der Waals surface area contributed by atoms with Crippen LogP contribution in [0.2, 0.25) is 5.02 Å². The summed E-state index contributed by atoms with van der Waals surface area (Å²) in [5.41, 5.74) is 4.19. The lowest BCUT2D eigenvalue weighted by atomic mass is 10.0. The molecule has 4 aromatic rings. The van der Waals surface area contributed by atoms with E-state index in [1.165, 1.54) is 23.2 Å². The van der Waals surface area contributed by atoms with Gasteiger partial charge in [-0.05, 0) is 41.5 Å². The monoisotopic (exact) mass is 509 g/mol. The second kappa shape index (κ2) is 11.0. The Bertz CT molecular complexity index is 1440. The minimum Gasteiger partial charge on any atom is -0.481 e. The van der Waals surface area contributed by atoms with Crippen LogP contribution < -0.4 is 11.1 Å². The summed E-state index contributed by atoms with van der Waals surface area (Å²) in [6.07, 6.45) is -0.235. The Hall–Kier alpha value is -4.28. The van der Waals surface area contributed by atoms with Gasteiger partial charge in [0.2, 0.25) is 5.82 Å². The van der Waals surface area contributed by atoms with Gasteiger partial charge in [-0.1, -0.05) is 54.1 Å². The third-order valence-electron chi connectivity index (χ3n) is 5.26. The van der Waals surface area contributed by atoms with Crippen LogP contribution in [0.5, 0.6) is 0 Å². The molecular weight excluding hydrogens is 489 g/mol. The second-order valence-corrected chi connectivity index (χ2v) is 8.29. The number of carbonyl (C=O) groups is 2. The maximum absolute atomic E-state index is 14.2. The molecule has 184 valence electrons. The Morgan fingerprint density at radius 3 is 2.50 bits per heavy atom. The number of amides is 1. The number of nitrogens with one attached hydrogen (secondary N) is 2. The first-order valence-electron chi connectivity index (χ1n) is 10.9. The second-order valence-electron chi connectivity index (χ2n) is 7.85. The minimum absolute atomic E-state index is 0.00459. The smallest absolute Gasteiger partial charge is 0.348 e. The molecule has 3 N–H and O–H groups in total. The number of halogens is 2. The molecule has 0 aliphatic rings. The third-order valence-corrected chi connectivity index (χ3v) is 5.49. The van der Waals surface area contributed by atoms with E-state index in [4.69, 9.17) is 16.7 Å². The average molecular weight is 510 g/mol. The molecule has 0 spiro atoms. The number of aromatic nitrogens is 3. The van der Waals surface area contributed by atoms with E-state index in [2.05, 4.69) is 15.5 Å². The highest BCUT2D eigenvalue weighted by molar-refractivity contribution is 6.30. The standard InChI is InChI=1S/C25H21ClFN5O4/c26-18-10-11-21(27)20(14-18)17-8-6-16(7-9-17)15-31(13-12-22(33)34)30-24(35)23-28-25(36)32(29-23)19-4-2-1-3-5-19/h1-11,14H,12-13,15H2,(H,30,35)(H,33,34)(H,28,29,36). The van der Waals surface area contributed by atoms with Crippen LogP contribution in [0.25, 0.3) is 16.8 Å². The van der Waals surface area contributed by atoms with Crippen LogP contribution in [0.1, 0.15) is 22.6 Å². The number of H-pyrrole nitrogens is 1. The van der Waals surface area contributed by atoms with Gasteiger partial charge >= 0.3 is 17.6 Å². The molecular formula is C25H21ClFN5O4. The number of carboxylic acid groups (broad SMARTS) is 1. The summed E-state index contributed by atoms with van der Waals surface area (Å²) in [6.45, 7) is 0.149. The molecule has 0 aliphatic heterocycles. The molecule has 1 heterocycles. The van der Waals surface area contributed by atoms with Gasteiger partial charge in [-0.15, -0.1) is 5.10 Å². The van der Waals surface area contributed by atoms with E-state index in [1.807, 2.05) is 0 Å². The quantitative estimate of drug-likeness (QED) is 0.296. The van der Waals surface area contributed by atoms with Crippen molar-refractivity contribution in [1.82, 2.24) is 25.2 Å². The van der Waals surface area contributed by atoms with E-state index in [0.29, 0.717) is 21.8 Å². The SMILES string of the molecule is O=C(O)CCN(Cc1ccc(-c2cc(Cl)ccc2F)cc1)NC(=O)c1nn(-c2ccccc2)c(=O)[nH]1. The predicted octanol–water partition coefficient (Wildman–Crippen LogP) is 3.64. The maximum Gasteiger partial charge on any atom is 0.348 e. The molecule has 36 heavy (non-hydrogen) atoms. The fourth-order valence-corrected chi connectivity index (χ4v) is 3.67. The number of aliphatic carboxylic acids is 1. The van der Waals surface area contributed by atoms with Crippen molar-refractivity contribution in [2.45, 2.75) is 13.0 Å². The van der Waals surface area contributed by atoms with Crippen molar-refractivity contribution in [1.29, 1.82) is 0 Å². The summed E-state index contributed by atoms with van der Waals surface area (Å²) < 4.78 is 15.2. The van der Waals surface area contributed by atoms with Crippen LogP contribution in [0.15, 0.2) is 77.6 Å². The van der Waals surface area contributed by atoms with E-state index in [1.54, 1.807) is 54.6 Å². The van der Waals surface area contributed by atoms with Crippen molar-refractivity contribution >= 4 is 23.5 Å². The van der Waals surface area contributed by atoms with Crippen molar-refractivity contribution in [3.05, 3.63) is 106 Å². The Balaban J connectivity index is 1.50. The highest BCUT2D eigenvalue weighted by Crippen LogP contribution is 2.26. The zero-order valence-corrected chi connectivity index (χ0v) is 19.6. The summed E-state index contributed by atoms with van der Waals surface area (Å²) in [5.74, 6) is -2.38. The number of nitrogens with zero attached hydrogens (tertiary/aromatic N) is 3. The molecule has 0 unspecified atom stereocenters. The van der Waals surface area contributed by atoms with Crippen molar-refractivity contribution < 1.29 is 19.1 Å². The summed E-state index contributed by atoms with van der Waals surface area (Å²) in [6, 6.07) is 19.8. The number of rotatable bonds is 9. The molecule has 9 nitrogen and oxygen atoms in total. The first-order chi connectivity index (χ1) is 17.3. The van der Waals surface area contributed by atoms with Crippen LogP contribution >= 0.6 is 11.6 Å². The Labute approximate surface area is 209 Å². The third kappa shape index (κ3) is 6.04. The number of carboxylic acids is 1. The Morgan fingerprint density at radius 2 is 1.81 bits per heavy atom. The van der Waals surface area contributed by atoms with Gasteiger partial charge in [-0.3, -0.25) is 20.0 Å². The van der Waals surface area contributed by atoms with Gasteiger partial charge in [0.25, 0.3) is 0 Å². The van der Waals surface area contributed by atoms with Gasteiger partial charge in [-0.25, -0.2) is 14.2 Å². The Morgan fingerprint density at radius 1 is 1.08 bits per heavy atom. The van der Waals surface area contributed by atoms with Crippen LogP contribution in [0, 0.1) is 5.82 Å². The lowest BCUT2D eigenvalue weighted by molar-refractivity contribution is -0.137. The molecule has 0 radical (unpaired) electrons. The molecule has 11 heteroatoms. The van der Waals surface area contributed by atoms with Gasteiger partial charge in [0, 0.05) is 23.7 Å². The largest absolute Gasteiger partial charge is 0.481 e. The van der Waals surface area contributed by atoms with E-state index >= 15 is 0 Å². The molecule has 0 atom stereocenters. The zero-order chi connectivity index (χ0) is 25.7. The van der Waals surface area contributed by atoms with E-state index < -0.39 is 23.4 Å². The summed E-state index contributed by atoms with van der Waals surface area (Å²) in [5, 5.41) is 15.0. The van der Waals surface area contributed by atoms with Gasteiger partial charge in [0.15, 0.2) is 0 Å². The van der Waals surface area contributed by atoms with Gasteiger partial charge in [0.1, 0.15) is 5.82 Å². The van der Waals surface area contributed by atoms with Crippen LogP contribution in [0.3, 0.4) is 0 Å². The zero-order valence-electron chi connectivity index (χ0n) is 18.8. The topological polar surface area (TPSA) is 120 Å². The van der Waals surface area contributed by atoms with Crippen LogP contribution in [-0.4, -0.2) is 43.3 Å². The first-order valence-corrected chi connectivity index (χ1v) is 11.2. The summed E-state index contributed by atoms with van der Waals surface area (Å²) in [4.78, 5) is 38.6. The number of aromatic amines is 1. The highest BCUT2D eigenvalue weighted by atomic mass is 35.5. The number of hydrogen-bond acceptors (Lipinski definition) is 5. The molecule has 4 rings (SSSR count). The van der Waals surface area contributed by atoms with Crippen LogP contribution in [-0.2, 0) is 11.3 Å². The van der Waals surface area contributed by atoms with Crippen LogP contribution in [0.4, 0.5) is 4.39 Å². The minimum atomic E-state index is -1.04. The number of hydrazine groups is 1. The van der Waals surface area contributed by atoms with Crippen molar-refractivity contribution in [2.75, 3.05) is 6.54 Å². The number of para-hydroxylation sites is 1. The molecule has 0 aliphatic carbocycles. The van der Waals surface area contributed by atoms with Gasteiger partial charge in [-0.2, -0.15) is 4.68 Å². The average Bonchev–Trinajstić information content (AvgIpc) is 3.27. The number of carbonyl (C=O) groups excluding carboxylic acids is 1. The molecule has 0 fully saturated rings. The van der Waals surface area contributed by atoms with Gasteiger partial charge < -0.3 is 5.11 Å². The highest BCUT2D eigenvalue weighted by Gasteiger charge is 2.18. The number of benzene rings is 3. The van der Waals surface area contributed by atoms with E-state index in [-0.39, 0.29) is 25.3 Å².